The van der Waals surface area contributed by atoms with Crippen molar-refractivity contribution in [1.82, 2.24) is 10.2 Å². The van der Waals surface area contributed by atoms with Crippen LogP contribution in [0.5, 0.6) is 5.75 Å². The number of hydrogen-bond donors (Lipinski definition) is 1. The van der Waals surface area contributed by atoms with Crippen LogP contribution in [0.2, 0.25) is 5.02 Å². The van der Waals surface area contributed by atoms with Gasteiger partial charge in [0.15, 0.2) is 4.34 Å². The van der Waals surface area contributed by atoms with Crippen LogP contribution < -0.4 is 10.1 Å². The smallest absolute Gasteiger partial charge is 0.257 e. The molecule has 1 N–H and O–H groups in total. The van der Waals surface area contributed by atoms with E-state index in [2.05, 4.69) is 22.1 Å². The van der Waals surface area contributed by atoms with E-state index >= 15 is 0 Å². The van der Waals surface area contributed by atoms with Gasteiger partial charge >= 0.3 is 0 Å². The summed E-state index contributed by atoms with van der Waals surface area (Å²) in [6.07, 6.45) is 1.66. The van der Waals surface area contributed by atoms with Gasteiger partial charge in [0.1, 0.15) is 12.4 Å². The minimum absolute atomic E-state index is 0.246. The molecule has 0 unspecified atom stereocenters. The lowest BCUT2D eigenvalue weighted by Crippen LogP contribution is -2.11. The van der Waals surface area contributed by atoms with Crippen LogP contribution in [0.4, 0.5) is 5.13 Å². The van der Waals surface area contributed by atoms with E-state index in [1.807, 2.05) is 24.3 Å². The molecular weight excluding hydrogens is 402 g/mol. The first-order chi connectivity index (χ1) is 13.2. The largest absolute Gasteiger partial charge is 0.490 e. The second kappa shape index (κ2) is 9.55. The molecule has 5 nitrogen and oxygen atoms in total. The van der Waals surface area contributed by atoms with Crippen LogP contribution in [0.25, 0.3) is 0 Å². The monoisotopic (exact) mass is 417 g/mol. The number of halogens is 1. The summed E-state index contributed by atoms with van der Waals surface area (Å²) in [6.45, 7) is 4.02. The minimum Gasteiger partial charge on any atom is -0.490 e. The highest BCUT2D eigenvalue weighted by Gasteiger charge is 2.11. The van der Waals surface area contributed by atoms with Crippen molar-refractivity contribution in [2.75, 3.05) is 11.9 Å². The number of anilines is 1. The number of thioether (sulfide) groups is 1. The molecule has 0 saturated carbocycles. The molecule has 1 heterocycles. The molecule has 0 radical (unpaired) electrons. The maximum atomic E-state index is 12.3. The topological polar surface area (TPSA) is 64.1 Å². The van der Waals surface area contributed by atoms with E-state index in [0.717, 1.165) is 14.9 Å². The van der Waals surface area contributed by atoms with E-state index in [-0.39, 0.29) is 5.91 Å². The molecule has 0 aliphatic carbocycles. The van der Waals surface area contributed by atoms with Crippen molar-refractivity contribution in [3.63, 3.8) is 0 Å². The highest BCUT2D eigenvalue weighted by molar-refractivity contribution is 8.00. The summed E-state index contributed by atoms with van der Waals surface area (Å²) in [5.74, 6) is 1.12. The van der Waals surface area contributed by atoms with Gasteiger partial charge in [0, 0.05) is 16.3 Å². The number of aromatic nitrogens is 2. The fourth-order valence-electron chi connectivity index (χ4n) is 2.10. The Morgan fingerprint density at radius 1 is 1.22 bits per heavy atom. The van der Waals surface area contributed by atoms with Crippen molar-refractivity contribution in [3.8, 4) is 5.75 Å². The first kappa shape index (κ1) is 19.4. The van der Waals surface area contributed by atoms with Crippen LogP contribution >= 0.6 is 34.7 Å². The van der Waals surface area contributed by atoms with Gasteiger partial charge in [0.2, 0.25) is 5.13 Å². The number of nitrogens with one attached hydrogen (secondary N) is 1. The summed E-state index contributed by atoms with van der Waals surface area (Å²) in [6, 6.07) is 14.5. The number of ether oxygens (including phenoxy) is 1. The Morgan fingerprint density at radius 3 is 2.74 bits per heavy atom. The predicted octanol–water partition coefficient (Wildman–Crippen LogP) is 5.30. The standard InChI is InChI=1S/C19H16ClN3O2S2/c1-2-11-25-15-9-7-13(8-10-15)17(24)21-18-22-23-19(27-18)26-12-14-5-3-4-6-16(14)20/h2-10H,1,11-12H2,(H,21,22,24). The van der Waals surface area contributed by atoms with E-state index in [4.69, 9.17) is 16.3 Å². The van der Waals surface area contributed by atoms with Gasteiger partial charge in [-0.1, -0.05) is 65.6 Å². The maximum absolute atomic E-state index is 12.3. The summed E-state index contributed by atoms with van der Waals surface area (Å²) in [5.41, 5.74) is 1.55. The average Bonchev–Trinajstić information content (AvgIpc) is 3.13. The summed E-state index contributed by atoms with van der Waals surface area (Å²) in [4.78, 5) is 12.3. The van der Waals surface area contributed by atoms with Gasteiger partial charge in [0.05, 0.1) is 0 Å². The zero-order valence-corrected chi connectivity index (χ0v) is 16.6. The molecule has 0 spiro atoms. The average molecular weight is 418 g/mol. The van der Waals surface area contributed by atoms with Gasteiger partial charge in [-0.15, -0.1) is 10.2 Å². The minimum atomic E-state index is -0.246. The van der Waals surface area contributed by atoms with Crippen LogP contribution in [0.15, 0.2) is 65.5 Å². The Hall–Kier alpha value is -2.35. The fraction of sp³-hybridized carbons (Fsp3) is 0.105. The second-order valence-electron chi connectivity index (χ2n) is 5.33. The molecule has 0 fully saturated rings. The number of amides is 1. The molecule has 0 bridgehead atoms. The lowest BCUT2D eigenvalue weighted by molar-refractivity contribution is 0.102. The molecule has 3 aromatic rings. The van der Waals surface area contributed by atoms with E-state index in [1.165, 1.54) is 23.1 Å². The molecule has 1 aromatic heterocycles. The predicted molar refractivity (Wildman–Crippen MR) is 111 cm³/mol. The first-order valence-electron chi connectivity index (χ1n) is 8.00. The normalized spacial score (nSPS) is 10.4. The number of rotatable bonds is 8. The molecule has 138 valence electrons. The number of nitrogens with zero attached hydrogens (tertiary/aromatic N) is 2. The van der Waals surface area contributed by atoms with Gasteiger partial charge in [0.25, 0.3) is 5.91 Å². The van der Waals surface area contributed by atoms with Crippen molar-refractivity contribution < 1.29 is 9.53 Å². The fourth-order valence-corrected chi connectivity index (χ4v) is 4.13. The molecule has 8 heteroatoms. The Labute approximate surface area is 170 Å². The van der Waals surface area contributed by atoms with Gasteiger partial charge < -0.3 is 4.74 Å². The van der Waals surface area contributed by atoms with Gasteiger partial charge in [-0.2, -0.15) is 0 Å². The Bertz CT molecular complexity index is 929. The Morgan fingerprint density at radius 2 is 2.00 bits per heavy atom. The summed E-state index contributed by atoms with van der Waals surface area (Å²) in [7, 11) is 0. The zero-order chi connectivity index (χ0) is 19.1. The van der Waals surface area contributed by atoms with Crippen LogP contribution in [-0.4, -0.2) is 22.7 Å². The lowest BCUT2D eigenvalue weighted by atomic mass is 10.2. The van der Waals surface area contributed by atoms with E-state index in [9.17, 15) is 4.79 Å². The summed E-state index contributed by atoms with van der Waals surface area (Å²) >= 11 is 9.01. The highest BCUT2D eigenvalue weighted by Crippen LogP contribution is 2.30. The Balaban J connectivity index is 1.56. The Kier molecular flexibility index (Phi) is 6.86. The number of benzene rings is 2. The molecule has 0 aliphatic heterocycles. The molecule has 2 aromatic carbocycles. The molecule has 0 saturated heterocycles. The summed E-state index contributed by atoms with van der Waals surface area (Å²) in [5, 5.41) is 12.1. The van der Waals surface area contributed by atoms with Crippen LogP contribution in [0.3, 0.4) is 0 Å². The van der Waals surface area contributed by atoms with Crippen molar-refractivity contribution in [3.05, 3.63) is 77.3 Å². The SMILES string of the molecule is C=CCOc1ccc(C(=O)Nc2nnc(SCc3ccccc3Cl)s2)cc1. The highest BCUT2D eigenvalue weighted by atomic mass is 35.5. The van der Waals surface area contributed by atoms with Crippen molar-refractivity contribution in [2.45, 2.75) is 10.1 Å². The van der Waals surface area contributed by atoms with Crippen LogP contribution in [0.1, 0.15) is 15.9 Å². The molecule has 0 aliphatic rings. The van der Waals surface area contributed by atoms with E-state index < -0.39 is 0 Å². The third-order valence-electron chi connectivity index (χ3n) is 3.42. The van der Waals surface area contributed by atoms with Gasteiger partial charge in [-0.3, -0.25) is 10.1 Å². The third-order valence-corrected chi connectivity index (χ3v) is 5.81. The van der Waals surface area contributed by atoms with Crippen LogP contribution in [-0.2, 0) is 5.75 Å². The number of carbonyl (C=O) groups is 1. The zero-order valence-electron chi connectivity index (χ0n) is 14.2. The lowest BCUT2D eigenvalue weighted by Gasteiger charge is -2.04. The molecule has 0 atom stereocenters. The quantitative estimate of drug-likeness (QED) is 0.306. The molecule has 27 heavy (non-hydrogen) atoms. The molecule has 3 rings (SSSR count). The van der Waals surface area contributed by atoms with Crippen molar-refractivity contribution >= 4 is 45.7 Å². The van der Waals surface area contributed by atoms with E-state index in [0.29, 0.717) is 28.8 Å². The first-order valence-corrected chi connectivity index (χ1v) is 10.2. The van der Waals surface area contributed by atoms with Crippen molar-refractivity contribution in [1.29, 1.82) is 0 Å². The van der Waals surface area contributed by atoms with Crippen molar-refractivity contribution in [2.24, 2.45) is 0 Å². The number of hydrogen-bond acceptors (Lipinski definition) is 6. The second-order valence-corrected chi connectivity index (χ2v) is 7.94. The number of carbonyl (C=O) groups excluding carboxylic acids is 1. The van der Waals surface area contributed by atoms with Gasteiger partial charge in [-0.25, -0.2) is 0 Å². The summed E-state index contributed by atoms with van der Waals surface area (Å²) < 4.78 is 6.16. The van der Waals surface area contributed by atoms with Gasteiger partial charge in [-0.05, 0) is 35.9 Å². The third kappa shape index (κ3) is 5.56. The van der Waals surface area contributed by atoms with Crippen LogP contribution in [0, 0.1) is 0 Å². The molecule has 1 amide bonds. The molecular formula is C19H16ClN3O2S2. The van der Waals surface area contributed by atoms with E-state index in [1.54, 1.807) is 30.3 Å². The maximum Gasteiger partial charge on any atom is 0.257 e.